The molecule has 0 spiro atoms. The van der Waals surface area contributed by atoms with Crippen LogP contribution in [0.3, 0.4) is 0 Å². The maximum absolute atomic E-state index is 11.9. The van der Waals surface area contributed by atoms with Gasteiger partial charge < -0.3 is 0 Å². The zero-order valence-electron chi connectivity index (χ0n) is 9.80. The monoisotopic (exact) mass is 259 g/mol. The molecule has 0 aromatic heterocycles. The van der Waals surface area contributed by atoms with Crippen molar-refractivity contribution in [1.29, 1.82) is 0 Å². The molecule has 3 nitrogen and oxygen atoms in total. The van der Waals surface area contributed by atoms with Crippen molar-refractivity contribution >= 4 is 27.5 Å². The van der Waals surface area contributed by atoms with E-state index < -0.39 is 10.0 Å². The average molecular weight is 259 g/mol. The number of rotatable bonds is 5. The Balaban J connectivity index is 3.09. The summed E-state index contributed by atoms with van der Waals surface area (Å²) in [5.74, 6) is 0.187. The number of hydrogen-bond acceptors (Lipinski definition) is 3. The molecule has 0 aliphatic rings. The third kappa shape index (κ3) is 2.92. The molecule has 90 valence electrons. The van der Waals surface area contributed by atoms with Gasteiger partial charge in [0, 0.05) is 11.9 Å². The van der Waals surface area contributed by atoms with E-state index in [4.69, 9.17) is 0 Å². The van der Waals surface area contributed by atoms with Gasteiger partial charge in [-0.15, -0.1) is 11.8 Å². The van der Waals surface area contributed by atoms with Crippen LogP contribution < -0.4 is 4.31 Å². The maximum atomic E-state index is 11.9. The lowest BCUT2D eigenvalue weighted by atomic mass is 10.3. The van der Waals surface area contributed by atoms with Crippen LogP contribution in [0.15, 0.2) is 29.2 Å². The summed E-state index contributed by atoms with van der Waals surface area (Å²) < 4.78 is 25.2. The predicted octanol–water partition coefficient (Wildman–Crippen LogP) is 2.58. The van der Waals surface area contributed by atoms with Crippen LogP contribution in [0.2, 0.25) is 0 Å². The van der Waals surface area contributed by atoms with Gasteiger partial charge in [-0.2, -0.15) is 0 Å². The molecule has 5 heteroatoms. The van der Waals surface area contributed by atoms with Gasteiger partial charge in [0.1, 0.15) is 0 Å². The molecule has 1 aromatic rings. The van der Waals surface area contributed by atoms with Crippen LogP contribution in [-0.4, -0.2) is 27.5 Å². The summed E-state index contributed by atoms with van der Waals surface area (Å²) in [7, 11) is -1.56. The van der Waals surface area contributed by atoms with Gasteiger partial charge in [-0.3, -0.25) is 4.31 Å². The van der Waals surface area contributed by atoms with E-state index >= 15 is 0 Å². The Morgan fingerprint density at radius 1 is 1.31 bits per heavy atom. The molecule has 1 rings (SSSR count). The molecule has 0 amide bonds. The zero-order chi connectivity index (χ0) is 12.2. The van der Waals surface area contributed by atoms with E-state index in [0.717, 1.165) is 10.6 Å². The van der Waals surface area contributed by atoms with E-state index in [0.29, 0.717) is 6.42 Å². The van der Waals surface area contributed by atoms with Crippen molar-refractivity contribution in [2.45, 2.75) is 18.2 Å². The Kier molecular flexibility index (Phi) is 4.68. The standard InChI is InChI=1S/C11H17NO2S2/c1-4-9-16(13,14)12(2)10-7-5-6-8-11(10)15-3/h5-8H,4,9H2,1-3H3. The third-order valence-electron chi connectivity index (χ3n) is 2.30. The van der Waals surface area contributed by atoms with Gasteiger partial charge >= 0.3 is 0 Å². The van der Waals surface area contributed by atoms with Gasteiger partial charge in [0.05, 0.1) is 11.4 Å². The van der Waals surface area contributed by atoms with Crippen LogP contribution in [-0.2, 0) is 10.0 Å². The molecule has 0 N–H and O–H groups in total. The van der Waals surface area contributed by atoms with Crippen LogP contribution in [0, 0.1) is 0 Å². The van der Waals surface area contributed by atoms with Gasteiger partial charge in [-0.1, -0.05) is 19.1 Å². The SMILES string of the molecule is CCCS(=O)(=O)N(C)c1ccccc1SC. The smallest absolute Gasteiger partial charge is 0.234 e. The Morgan fingerprint density at radius 3 is 2.50 bits per heavy atom. The fourth-order valence-corrected chi connectivity index (χ4v) is 3.37. The molecule has 0 heterocycles. The minimum absolute atomic E-state index is 0.187. The molecule has 0 bridgehead atoms. The summed E-state index contributed by atoms with van der Waals surface area (Å²) >= 11 is 1.55. The second-order valence-corrected chi connectivity index (χ2v) is 6.42. The Hall–Kier alpha value is -0.680. The van der Waals surface area contributed by atoms with E-state index in [2.05, 4.69) is 0 Å². The predicted molar refractivity (Wildman–Crippen MR) is 70.7 cm³/mol. The summed E-state index contributed by atoms with van der Waals surface area (Å²) in [6.45, 7) is 1.87. The van der Waals surface area contributed by atoms with Gasteiger partial charge in [-0.05, 0) is 24.8 Å². The number of sulfonamides is 1. The Morgan fingerprint density at radius 2 is 1.94 bits per heavy atom. The van der Waals surface area contributed by atoms with Crippen LogP contribution in [0.1, 0.15) is 13.3 Å². The van der Waals surface area contributed by atoms with Crippen molar-refractivity contribution < 1.29 is 8.42 Å². The topological polar surface area (TPSA) is 37.4 Å². The number of thioether (sulfide) groups is 1. The van der Waals surface area contributed by atoms with E-state index in [-0.39, 0.29) is 5.75 Å². The highest BCUT2D eigenvalue weighted by atomic mass is 32.2. The largest absolute Gasteiger partial charge is 0.272 e. The summed E-state index contributed by atoms with van der Waals surface area (Å²) in [5, 5.41) is 0. The zero-order valence-corrected chi connectivity index (χ0v) is 11.4. The van der Waals surface area contributed by atoms with Crippen molar-refractivity contribution in [1.82, 2.24) is 0 Å². The van der Waals surface area contributed by atoms with Gasteiger partial charge in [0.15, 0.2) is 0 Å². The van der Waals surface area contributed by atoms with Crippen molar-refractivity contribution in [2.75, 3.05) is 23.4 Å². The highest BCUT2D eigenvalue weighted by molar-refractivity contribution is 7.99. The lowest BCUT2D eigenvalue weighted by molar-refractivity contribution is 0.593. The number of anilines is 1. The van der Waals surface area contributed by atoms with E-state index in [9.17, 15) is 8.42 Å². The quantitative estimate of drug-likeness (QED) is 0.763. The highest BCUT2D eigenvalue weighted by Crippen LogP contribution is 2.29. The van der Waals surface area contributed by atoms with E-state index in [1.54, 1.807) is 18.8 Å². The molecule has 0 unspecified atom stereocenters. The lowest BCUT2D eigenvalue weighted by Crippen LogP contribution is -2.29. The first-order valence-electron chi connectivity index (χ1n) is 5.12. The number of benzene rings is 1. The van der Waals surface area contributed by atoms with Crippen LogP contribution in [0.25, 0.3) is 0 Å². The molecular weight excluding hydrogens is 242 g/mol. The van der Waals surface area contributed by atoms with Crippen LogP contribution >= 0.6 is 11.8 Å². The summed E-state index contributed by atoms with van der Waals surface area (Å²) in [4.78, 5) is 0.977. The minimum atomic E-state index is -3.18. The van der Waals surface area contributed by atoms with Crippen molar-refractivity contribution in [2.24, 2.45) is 0 Å². The van der Waals surface area contributed by atoms with Crippen molar-refractivity contribution in [3.8, 4) is 0 Å². The van der Waals surface area contributed by atoms with Gasteiger partial charge in [-0.25, -0.2) is 8.42 Å². The fourth-order valence-electron chi connectivity index (χ4n) is 1.43. The normalized spacial score (nSPS) is 11.4. The van der Waals surface area contributed by atoms with Crippen LogP contribution in [0.4, 0.5) is 5.69 Å². The number of hydrogen-bond donors (Lipinski definition) is 0. The lowest BCUT2D eigenvalue weighted by Gasteiger charge is -2.21. The molecule has 0 aliphatic carbocycles. The second kappa shape index (κ2) is 5.59. The molecule has 0 fully saturated rings. The van der Waals surface area contributed by atoms with Gasteiger partial charge in [0.2, 0.25) is 10.0 Å². The summed E-state index contributed by atoms with van der Waals surface area (Å²) in [6, 6.07) is 7.53. The van der Waals surface area contributed by atoms with Crippen molar-refractivity contribution in [3.63, 3.8) is 0 Å². The molecule has 0 saturated carbocycles. The molecule has 16 heavy (non-hydrogen) atoms. The summed E-state index contributed by atoms with van der Waals surface area (Å²) in [5.41, 5.74) is 0.753. The molecule has 0 saturated heterocycles. The first kappa shape index (κ1) is 13.4. The molecule has 0 radical (unpaired) electrons. The fraction of sp³-hybridized carbons (Fsp3) is 0.455. The third-order valence-corrected chi connectivity index (χ3v) is 5.04. The first-order valence-corrected chi connectivity index (χ1v) is 7.96. The van der Waals surface area contributed by atoms with Gasteiger partial charge in [0.25, 0.3) is 0 Å². The molecule has 1 aromatic carbocycles. The Bertz CT molecular complexity index is 443. The minimum Gasteiger partial charge on any atom is -0.272 e. The maximum Gasteiger partial charge on any atom is 0.234 e. The van der Waals surface area contributed by atoms with E-state index in [1.807, 2.05) is 37.4 Å². The summed E-state index contributed by atoms with van der Waals surface area (Å²) in [6.07, 6.45) is 2.58. The highest BCUT2D eigenvalue weighted by Gasteiger charge is 2.19. The number of nitrogens with zero attached hydrogens (tertiary/aromatic N) is 1. The van der Waals surface area contributed by atoms with E-state index in [1.165, 1.54) is 4.31 Å². The van der Waals surface area contributed by atoms with Crippen LogP contribution in [0.5, 0.6) is 0 Å². The molecular formula is C11H17NO2S2. The van der Waals surface area contributed by atoms with Crippen molar-refractivity contribution in [3.05, 3.63) is 24.3 Å². The molecule has 0 atom stereocenters. The second-order valence-electron chi connectivity index (χ2n) is 3.46. The first-order chi connectivity index (χ1) is 7.53. The average Bonchev–Trinajstić information content (AvgIpc) is 2.28. The Labute approximate surface area is 102 Å². The molecule has 0 aliphatic heterocycles. The number of para-hydroxylation sites is 1.